The minimum absolute atomic E-state index is 0.119. The van der Waals surface area contributed by atoms with Crippen molar-refractivity contribution in [3.63, 3.8) is 0 Å². The molecule has 90 valence electrons. The molecule has 0 fully saturated rings. The molecule has 0 aliphatic rings. The van der Waals surface area contributed by atoms with E-state index in [-0.39, 0.29) is 16.9 Å². The van der Waals surface area contributed by atoms with Crippen molar-refractivity contribution in [3.05, 3.63) is 58.5 Å². The maximum absolute atomic E-state index is 13.6. The van der Waals surface area contributed by atoms with Gasteiger partial charge in [0.15, 0.2) is 0 Å². The Morgan fingerprint density at radius 3 is 2.41 bits per heavy atom. The molecule has 0 saturated heterocycles. The molecule has 1 heterocycles. The molecule has 4 heteroatoms. The second kappa shape index (κ2) is 4.30. The van der Waals surface area contributed by atoms with Gasteiger partial charge >= 0.3 is 0 Å². The number of benzene rings is 1. The van der Waals surface area contributed by atoms with Crippen molar-refractivity contribution in [1.82, 2.24) is 0 Å². The van der Waals surface area contributed by atoms with E-state index < -0.39 is 17.7 Å². The summed E-state index contributed by atoms with van der Waals surface area (Å²) in [5.41, 5.74) is 0.777. The number of hydrogen-bond donors (Lipinski definition) is 1. The Morgan fingerprint density at radius 1 is 1.12 bits per heavy atom. The Balaban J connectivity index is 2.48. The highest BCUT2D eigenvalue weighted by Gasteiger charge is 2.21. The lowest BCUT2D eigenvalue weighted by Gasteiger charge is -2.11. The van der Waals surface area contributed by atoms with Crippen molar-refractivity contribution in [1.29, 1.82) is 0 Å². The molecular weight excluding hydrogens is 226 g/mol. The first-order chi connectivity index (χ1) is 8.00. The van der Waals surface area contributed by atoms with Crippen LogP contribution in [0.25, 0.3) is 0 Å². The second-order valence-corrected chi connectivity index (χ2v) is 3.99. The molecule has 2 rings (SSSR count). The summed E-state index contributed by atoms with van der Waals surface area (Å²) in [6.07, 6.45) is 0.108. The molecule has 1 unspecified atom stereocenters. The number of hydrogen-bond acceptors (Lipinski definition) is 2. The van der Waals surface area contributed by atoms with Gasteiger partial charge in [-0.25, -0.2) is 8.78 Å². The summed E-state index contributed by atoms with van der Waals surface area (Å²) < 4.78 is 32.1. The van der Waals surface area contributed by atoms with Crippen molar-refractivity contribution in [3.8, 4) is 0 Å². The van der Waals surface area contributed by atoms with Crippen LogP contribution >= 0.6 is 0 Å². The molecule has 17 heavy (non-hydrogen) atoms. The standard InChI is InChI=1S/C13H12F2O2/c1-7-3-4-17-13(7)12(16)9-6-10(14)8(2)5-11(9)15/h3-6,12,16H,1-2H3. The van der Waals surface area contributed by atoms with Crippen molar-refractivity contribution >= 4 is 0 Å². The molecule has 0 aliphatic carbocycles. The van der Waals surface area contributed by atoms with Gasteiger partial charge in [-0.1, -0.05) is 0 Å². The molecule has 1 atom stereocenters. The van der Waals surface area contributed by atoms with Gasteiger partial charge in [-0.05, 0) is 43.2 Å². The summed E-state index contributed by atoms with van der Waals surface area (Å²) in [5.74, 6) is -0.969. The Hall–Kier alpha value is -1.68. The summed E-state index contributed by atoms with van der Waals surface area (Å²) in [5, 5.41) is 9.96. The number of aryl methyl sites for hydroxylation is 2. The number of halogens is 2. The molecule has 0 radical (unpaired) electrons. The van der Waals surface area contributed by atoms with Gasteiger partial charge in [0.2, 0.25) is 0 Å². The number of aliphatic hydroxyl groups excluding tert-OH is 1. The SMILES string of the molecule is Cc1cc(F)c(C(O)c2occc2C)cc1F. The zero-order valence-corrected chi connectivity index (χ0v) is 9.50. The number of rotatable bonds is 2. The first-order valence-electron chi connectivity index (χ1n) is 5.18. The van der Waals surface area contributed by atoms with E-state index in [9.17, 15) is 13.9 Å². The molecule has 0 aliphatic heterocycles. The van der Waals surface area contributed by atoms with E-state index in [0.29, 0.717) is 5.56 Å². The van der Waals surface area contributed by atoms with Crippen LogP contribution in [0.1, 0.15) is 28.6 Å². The molecule has 2 nitrogen and oxygen atoms in total. The highest BCUT2D eigenvalue weighted by atomic mass is 19.1. The van der Waals surface area contributed by atoms with E-state index in [1.165, 1.54) is 13.2 Å². The average Bonchev–Trinajstić information content (AvgIpc) is 2.69. The maximum atomic E-state index is 13.6. The van der Waals surface area contributed by atoms with Crippen LogP contribution in [0.5, 0.6) is 0 Å². The minimum atomic E-state index is -1.29. The van der Waals surface area contributed by atoms with Gasteiger partial charge in [-0.2, -0.15) is 0 Å². The highest BCUT2D eigenvalue weighted by Crippen LogP contribution is 2.28. The van der Waals surface area contributed by atoms with E-state index >= 15 is 0 Å². The van der Waals surface area contributed by atoms with Crippen molar-refractivity contribution < 1.29 is 18.3 Å². The molecule has 1 aromatic heterocycles. The first kappa shape index (κ1) is 11.8. The fourth-order valence-electron chi connectivity index (χ4n) is 1.68. The normalized spacial score (nSPS) is 12.8. The van der Waals surface area contributed by atoms with Crippen molar-refractivity contribution in [2.24, 2.45) is 0 Å². The Labute approximate surface area is 97.5 Å². The fraction of sp³-hybridized carbons (Fsp3) is 0.231. The van der Waals surface area contributed by atoms with Gasteiger partial charge in [-0.15, -0.1) is 0 Å². The van der Waals surface area contributed by atoms with Crippen LogP contribution in [0.2, 0.25) is 0 Å². The monoisotopic (exact) mass is 238 g/mol. The van der Waals surface area contributed by atoms with Crippen LogP contribution in [0.3, 0.4) is 0 Å². The van der Waals surface area contributed by atoms with Crippen LogP contribution in [0, 0.1) is 25.5 Å². The molecule has 0 spiro atoms. The lowest BCUT2D eigenvalue weighted by Crippen LogP contribution is -2.04. The topological polar surface area (TPSA) is 33.4 Å². The van der Waals surface area contributed by atoms with Crippen molar-refractivity contribution in [2.45, 2.75) is 20.0 Å². The minimum Gasteiger partial charge on any atom is -0.466 e. The molecule has 1 N–H and O–H groups in total. The summed E-state index contributed by atoms with van der Waals surface area (Å²) in [4.78, 5) is 0. The van der Waals surface area contributed by atoms with Crippen LogP contribution in [0.4, 0.5) is 8.78 Å². The fourth-order valence-corrected chi connectivity index (χ4v) is 1.68. The van der Waals surface area contributed by atoms with Gasteiger partial charge in [0.1, 0.15) is 23.5 Å². The molecule has 0 bridgehead atoms. The zero-order valence-electron chi connectivity index (χ0n) is 9.50. The summed E-state index contributed by atoms with van der Waals surface area (Å²) >= 11 is 0. The van der Waals surface area contributed by atoms with E-state index in [2.05, 4.69) is 0 Å². The van der Waals surface area contributed by atoms with E-state index in [1.807, 2.05) is 0 Å². The maximum Gasteiger partial charge on any atom is 0.140 e. The Bertz CT molecular complexity index is 546. The van der Waals surface area contributed by atoms with Gasteiger partial charge in [0, 0.05) is 5.56 Å². The summed E-state index contributed by atoms with van der Waals surface area (Å²) in [7, 11) is 0. The summed E-state index contributed by atoms with van der Waals surface area (Å²) in [6, 6.07) is 3.71. The lowest BCUT2D eigenvalue weighted by atomic mass is 10.0. The average molecular weight is 238 g/mol. The molecule has 2 aromatic rings. The molecule has 0 saturated carbocycles. The summed E-state index contributed by atoms with van der Waals surface area (Å²) in [6.45, 7) is 3.19. The third-order valence-corrected chi connectivity index (χ3v) is 2.72. The van der Waals surface area contributed by atoms with Crippen LogP contribution in [-0.2, 0) is 0 Å². The van der Waals surface area contributed by atoms with E-state index in [0.717, 1.165) is 12.1 Å². The largest absolute Gasteiger partial charge is 0.466 e. The predicted molar refractivity (Wildman–Crippen MR) is 58.6 cm³/mol. The molecular formula is C13H12F2O2. The zero-order chi connectivity index (χ0) is 12.6. The van der Waals surface area contributed by atoms with E-state index in [1.54, 1.807) is 13.0 Å². The van der Waals surface area contributed by atoms with Gasteiger partial charge in [-0.3, -0.25) is 0 Å². The van der Waals surface area contributed by atoms with E-state index in [4.69, 9.17) is 4.42 Å². The van der Waals surface area contributed by atoms with Crippen LogP contribution < -0.4 is 0 Å². The Morgan fingerprint density at radius 2 is 1.82 bits per heavy atom. The third-order valence-electron chi connectivity index (χ3n) is 2.72. The quantitative estimate of drug-likeness (QED) is 0.871. The second-order valence-electron chi connectivity index (χ2n) is 3.99. The Kier molecular flexibility index (Phi) is 2.98. The van der Waals surface area contributed by atoms with Gasteiger partial charge in [0.05, 0.1) is 6.26 Å². The molecule has 1 aromatic carbocycles. The number of furan rings is 1. The third kappa shape index (κ3) is 2.08. The smallest absolute Gasteiger partial charge is 0.140 e. The van der Waals surface area contributed by atoms with Gasteiger partial charge < -0.3 is 9.52 Å². The first-order valence-corrected chi connectivity index (χ1v) is 5.18. The number of aliphatic hydroxyl groups is 1. The lowest BCUT2D eigenvalue weighted by molar-refractivity contribution is 0.183. The molecule has 0 amide bonds. The van der Waals surface area contributed by atoms with Crippen LogP contribution in [-0.4, -0.2) is 5.11 Å². The van der Waals surface area contributed by atoms with Gasteiger partial charge in [0.25, 0.3) is 0 Å². The van der Waals surface area contributed by atoms with Crippen molar-refractivity contribution in [2.75, 3.05) is 0 Å². The predicted octanol–water partition coefficient (Wildman–Crippen LogP) is 3.26. The highest BCUT2D eigenvalue weighted by molar-refractivity contribution is 5.32. The van der Waals surface area contributed by atoms with Crippen LogP contribution in [0.15, 0.2) is 28.9 Å².